The maximum absolute atomic E-state index is 12.9. The van der Waals surface area contributed by atoms with E-state index in [1.54, 1.807) is 36.1 Å². The number of fused-ring (bicyclic) bond motifs is 1. The molecule has 1 aromatic carbocycles. The molecule has 0 spiro atoms. The van der Waals surface area contributed by atoms with Crippen LogP contribution in [0.4, 0.5) is 24.8 Å². The molecular weight excluding hydrogens is 383 g/mol. The minimum Gasteiger partial charge on any atom is -0.481 e. The Morgan fingerprint density at radius 3 is 2.66 bits per heavy atom. The molecule has 0 fully saturated rings. The minimum atomic E-state index is -4.41. The van der Waals surface area contributed by atoms with E-state index in [-0.39, 0.29) is 0 Å². The third kappa shape index (κ3) is 3.58. The highest BCUT2D eigenvalue weighted by molar-refractivity contribution is 5.83. The first-order chi connectivity index (χ1) is 13.9. The van der Waals surface area contributed by atoms with Crippen molar-refractivity contribution in [3.8, 4) is 17.1 Å². The van der Waals surface area contributed by atoms with E-state index in [1.807, 2.05) is 12.1 Å². The number of aromatic nitrogens is 4. The van der Waals surface area contributed by atoms with Crippen LogP contribution in [0.5, 0.6) is 5.88 Å². The first-order valence-electron chi connectivity index (χ1n) is 8.63. The van der Waals surface area contributed by atoms with E-state index in [0.29, 0.717) is 28.7 Å². The summed E-state index contributed by atoms with van der Waals surface area (Å²) in [6.07, 6.45) is -1.18. The second-order valence-electron chi connectivity index (χ2n) is 6.32. The molecule has 0 bridgehead atoms. The number of benzene rings is 1. The van der Waals surface area contributed by atoms with Crippen LogP contribution in [0.1, 0.15) is 5.56 Å². The number of ether oxygens (including phenoxy) is 1. The van der Waals surface area contributed by atoms with Gasteiger partial charge in [0.05, 0.1) is 35.6 Å². The lowest BCUT2D eigenvalue weighted by atomic mass is 10.1. The summed E-state index contributed by atoms with van der Waals surface area (Å²) in [6.45, 7) is 0. The van der Waals surface area contributed by atoms with Crippen molar-refractivity contribution in [3.05, 3.63) is 60.4 Å². The van der Waals surface area contributed by atoms with E-state index >= 15 is 0 Å². The van der Waals surface area contributed by atoms with Crippen LogP contribution in [-0.2, 0) is 13.2 Å². The highest BCUT2D eigenvalue weighted by Crippen LogP contribution is 2.32. The summed E-state index contributed by atoms with van der Waals surface area (Å²) in [7, 11) is 3.31. The summed E-state index contributed by atoms with van der Waals surface area (Å²) in [5.74, 6) is 0.847. The summed E-state index contributed by atoms with van der Waals surface area (Å²) in [6, 6.07) is 10.4. The topological polar surface area (TPSA) is 64.9 Å². The Balaban J connectivity index is 1.72. The smallest absolute Gasteiger partial charge is 0.416 e. The van der Waals surface area contributed by atoms with Crippen molar-refractivity contribution < 1.29 is 17.9 Å². The molecule has 4 rings (SSSR count). The van der Waals surface area contributed by atoms with Crippen molar-refractivity contribution in [1.29, 1.82) is 0 Å². The maximum atomic E-state index is 12.9. The zero-order valence-electron chi connectivity index (χ0n) is 15.5. The Labute approximate surface area is 164 Å². The molecule has 3 heterocycles. The van der Waals surface area contributed by atoms with Gasteiger partial charge < -0.3 is 14.6 Å². The van der Waals surface area contributed by atoms with Gasteiger partial charge in [-0.05, 0) is 36.4 Å². The summed E-state index contributed by atoms with van der Waals surface area (Å²) >= 11 is 0. The highest BCUT2D eigenvalue weighted by atomic mass is 19.4. The van der Waals surface area contributed by atoms with Crippen LogP contribution in [0.15, 0.2) is 54.9 Å². The van der Waals surface area contributed by atoms with E-state index in [1.165, 1.54) is 13.2 Å². The first kappa shape index (κ1) is 18.7. The van der Waals surface area contributed by atoms with Crippen molar-refractivity contribution in [2.24, 2.45) is 7.05 Å². The molecule has 0 aliphatic heterocycles. The van der Waals surface area contributed by atoms with Crippen molar-refractivity contribution in [1.82, 2.24) is 19.5 Å². The molecule has 0 amide bonds. The van der Waals surface area contributed by atoms with Crippen LogP contribution in [0, 0.1) is 0 Å². The number of nitrogens with one attached hydrogen (secondary N) is 1. The lowest BCUT2D eigenvalue weighted by Crippen LogP contribution is -2.06. The number of pyridine rings is 2. The number of alkyl halides is 3. The molecular formula is C20H16F3N5O. The molecule has 0 radical (unpaired) electrons. The van der Waals surface area contributed by atoms with Crippen LogP contribution in [0.2, 0.25) is 0 Å². The van der Waals surface area contributed by atoms with Gasteiger partial charge in [-0.2, -0.15) is 13.2 Å². The predicted octanol–water partition coefficient (Wildman–Crippen LogP) is 4.80. The fourth-order valence-electron chi connectivity index (χ4n) is 3.01. The van der Waals surface area contributed by atoms with Crippen LogP contribution >= 0.6 is 0 Å². The average Bonchev–Trinajstić information content (AvgIpc) is 3.02. The predicted molar refractivity (Wildman–Crippen MR) is 103 cm³/mol. The molecule has 29 heavy (non-hydrogen) atoms. The molecule has 0 aliphatic carbocycles. The van der Waals surface area contributed by atoms with Gasteiger partial charge in [-0.1, -0.05) is 6.07 Å². The largest absolute Gasteiger partial charge is 0.481 e. The molecule has 0 aliphatic rings. The van der Waals surface area contributed by atoms with Crippen LogP contribution in [-0.4, -0.2) is 26.6 Å². The fraction of sp³-hybridized carbons (Fsp3) is 0.150. The molecule has 0 unspecified atom stereocenters. The maximum Gasteiger partial charge on any atom is 0.416 e. The van der Waals surface area contributed by atoms with E-state index in [0.717, 1.165) is 23.2 Å². The number of imidazole rings is 1. The number of rotatable bonds is 4. The molecule has 1 N–H and O–H groups in total. The van der Waals surface area contributed by atoms with E-state index in [9.17, 15) is 13.2 Å². The number of methoxy groups -OCH3 is 1. The Morgan fingerprint density at radius 1 is 1.07 bits per heavy atom. The third-order valence-electron chi connectivity index (χ3n) is 4.45. The molecule has 0 atom stereocenters. The fourth-order valence-corrected chi connectivity index (χ4v) is 3.01. The second-order valence-corrected chi connectivity index (χ2v) is 6.32. The number of hydrogen-bond acceptors (Lipinski definition) is 5. The number of anilines is 2. The monoisotopic (exact) mass is 399 g/mol. The number of hydrogen-bond donors (Lipinski definition) is 1. The molecule has 148 valence electrons. The van der Waals surface area contributed by atoms with E-state index < -0.39 is 11.7 Å². The highest BCUT2D eigenvalue weighted by Gasteiger charge is 2.30. The Kier molecular flexibility index (Phi) is 4.57. The third-order valence-corrected chi connectivity index (χ3v) is 4.45. The van der Waals surface area contributed by atoms with Crippen molar-refractivity contribution >= 4 is 22.7 Å². The van der Waals surface area contributed by atoms with Crippen molar-refractivity contribution in [3.63, 3.8) is 0 Å². The molecule has 4 aromatic rings. The zero-order chi connectivity index (χ0) is 20.6. The van der Waals surface area contributed by atoms with Crippen LogP contribution < -0.4 is 10.1 Å². The van der Waals surface area contributed by atoms with E-state index in [2.05, 4.69) is 20.3 Å². The standard InChI is InChI=1S/C20H16F3N5O/c1-28-17-10-15(14-7-4-8-24-18(14)29-2)25-11-16(17)27-19(28)26-13-6-3-5-12(9-13)20(21,22)23/h3-11H,1-2H3,(H,26,27). The Bertz CT molecular complexity index is 1190. The normalized spacial score (nSPS) is 11.6. The molecule has 9 heteroatoms. The number of nitrogens with zero attached hydrogens (tertiary/aromatic N) is 4. The van der Waals surface area contributed by atoms with Gasteiger partial charge in [-0.15, -0.1) is 0 Å². The van der Waals surface area contributed by atoms with Gasteiger partial charge >= 0.3 is 6.18 Å². The van der Waals surface area contributed by atoms with Gasteiger partial charge in [-0.3, -0.25) is 4.98 Å². The SMILES string of the molecule is COc1ncccc1-c1cc2c(cn1)nc(Nc1cccc(C(F)(F)F)c1)n2C. The van der Waals surface area contributed by atoms with Gasteiger partial charge in [-0.25, -0.2) is 9.97 Å². The molecule has 6 nitrogen and oxygen atoms in total. The van der Waals surface area contributed by atoms with Gasteiger partial charge in [0.1, 0.15) is 5.52 Å². The number of halogens is 3. The van der Waals surface area contributed by atoms with Crippen LogP contribution in [0.25, 0.3) is 22.3 Å². The zero-order valence-corrected chi connectivity index (χ0v) is 15.5. The van der Waals surface area contributed by atoms with Gasteiger partial charge in [0.25, 0.3) is 0 Å². The van der Waals surface area contributed by atoms with Crippen molar-refractivity contribution in [2.75, 3.05) is 12.4 Å². The summed E-state index contributed by atoms with van der Waals surface area (Å²) in [5.41, 5.74) is 2.31. The number of aryl methyl sites for hydroxylation is 1. The Hall–Kier alpha value is -3.62. The van der Waals surface area contributed by atoms with Gasteiger partial charge in [0, 0.05) is 18.9 Å². The average molecular weight is 399 g/mol. The van der Waals surface area contributed by atoms with Gasteiger partial charge in [0.2, 0.25) is 11.8 Å². The molecule has 0 saturated heterocycles. The van der Waals surface area contributed by atoms with Crippen molar-refractivity contribution in [2.45, 2.75) is 6.18 Å². The lowest BCUT2D eigenvalue weighted by molar-refractivity contribution is -0.137. The minimum absolute atomic E-state index is 0.292. The van der Waals surface area contributed by atoms with Crippen LogP contribution in [0.3, 0.4) is 0 Å². The molecule has 0 saturated carbocycles. The second kappa shape index (κ2) is 7.08. The van der Waals surface area contributed by atoms with E-state index in [4.69, 9.17) is 4.74 Å². The Morgan fingerprint density at radius 2 is 1.90 bits per heavy atom. The quantitative estimate of drug-likeness (QED) is 0.534. The first-order valence-corrected chi connectivity index (χ1v) is 8.63. The van der Waals surface area contributed by atoms with Gasteiger partial charge in [0.15, 0.2) is 0 Å². The summed E-state index contributed by atoms with van der Waals surface area (Å²) < 4.78 is 45.9. The lowest BCUT2D eigenvalue weighted by Gasteiger charge is -2.10. The summed E-state index contributed by atoms with van der Waals surface area (Å²) in [5, 5.41) is 2.94. The summed E-state index contributed by atoms with van der Waals surface area (Å²) in [4.78, 5) is 13.0. The molecule has 3 aromatic heterocycles.